The van der Waals surface area contributed by atoms with Gasteiger partial charge in [-0.05, 0) is 12.8 Å². The highest BCUT2D eigenvalue weighted by Gasteiger charge is 2.22. The maximum absolute atomic E-state index is 11.2. The van der Waals surface area contributed by atoms with Crippen LogP contribution in [0.3, 0.4) is 0 Å². The molecule has 1 rings (SSSR count). The Balaban J connectivity index is 2.33. The highest BCUT2D eigenvalue weighted by atomic mass is 127. The van der Waals surface area contributed by atoms with Gasteiger partial charge in [0.2, 0.25) is 0 Å². The Morgan fingerprint density at radius 3 is 2.45 bits per heavy atom. The lowest BCUT2D eigenvalue weighted by molar-refractivity contribution is -0.121. The fourth-order valence-corrected chi connectivity index (χ4v) is 2.46. The summed E-state index contributed by atoms with van der Waals surface area (Å²) in [5, 5.41) is 0. The van der Waals surface area contributed by atoms with Gasteiger partial charge in [0.25, 0.3) is 0 Å². The van der Waals surface area contributed by atoms with E-state index in [0.717, 1.165) is 25.9 Å². The topological polar surface area (TPSA) is 20.3 Å². The minimum Gasteiger partial charge on any atom is -0.299 e. The van der Waals surface area contributed by atoms with Gasteiger partial charge < -0.3 is 0 Å². The second-order valence-corrected chi connectivity index (χ2v) is 4.91. The van der Waals surface area contributed by atoms with E-state index < -0.39 is 0 Å². The van der Waals surface area contributed by atoms with Crippen LogP contribution in [0.1, 0.15) is 12.8 Å². The molecule has 1 fully saturated rings. The number of carbonyl (C=O) groups is 1. The van der Waals surface area contributed by atoms with Crippen LogP contribution < -0.4 is 0 Å². The maximum atomic E-state index is 11.2. The van der Waals surface area contributed by atoms with E-state index in [1.807, 2.05) is 0 Å². The molecular weight excluding hydrogens is 368 g/mol. The minimum atomic E-state index is 0.359. The van der Waals surface area contributed by atoms with E-state index in [-0.39, 0.29) is 0 Å². The van der Waals surface area contributed by atoms with Crippen LogP contribution in [-0.4, -0.2) is 26.4 Å². The summed E-state index contributed by atoms with van der Waals surface area (Å²) in [4.78, 5) is 11.2. The van der Waals surface area contributed by atoms with Gasteiger partial charge in [0.05, 0.1) is 4.43 Å². The number of hydrogen-bond acceptors (Lipinski definition) is 2. The lowest BCUT2D eigenvalue weighted by atomic mass is 9.95. The summed E-state index contributed by atoms with van der Waals surface area (Å²) < 4.78 is 2.94. The molecule has 0 aromatic carbocycles. The first-order chi connectivity index (χ1) is 5.24. The number of alkyl halides is 1. The van der Waals surface area contributed by atoms with Crippen molar-refractivity contribution in [3.05, 3.63) is 0 Å². The van der Waals surface area contributed by atoms with Crippen molar-refractivity contribution in [2.45, 2.75) is 12.8 Å². The van der Waals surface area contributed by atoms with E-state index in [2.05, 4.69) is 48.6 Å². The predicted octanol–water partition coefficient (Wildman–Crippen LogP) is 2.05. The highest BCUT2D eigenvalue weighted by Crippen LogP contribution is 2.20. The van der Waals surface area contributed by atoms with Crippen molar-refractivity contribution in [2.24, 2.45) is 5.92 Å². The summed E-state index contributed by atoms with van der Waals surface area (Å²) in [7, 11) is 0. The van der Waals surface area contributed by atoms with Crippen molar-refractivity contribution in [3.63, 3.8) is 0 Å². The highest BCUT2D eigenvalue weighted by molar-refractivity contribution is 14.1. The van der Waals surface area contributed by atoms with Gasteiger partial charge in [-0.2, -0.15) is 0 Å². The van der Waals surface area contributed by atoms with E-state index in [4.69, 9.17) is 0 Å². The Bertz CT molecular complexity index is 143. The molecule has 0 saturated carbocycles. The number of ketones is 1. The normalized spacial score (nSPS) is 22.0. The van der Waals surface area contributed by atoms with Gasteiger partial charge in [-0.25, -0.2) is 3.11 Å². The van der Waals surface area contributed by atoms with Crippen molar-refractivity contribution >= 4 is 51.2 Å². The van der Waals surface area contributed by atoms with Crippen LogP contribution in [0.5, 0.6) is 0 Å². The predicted molar refractivity (Wildman–Crippen MR) is 62.2 cm³/mol. The summed E-state index contributed by atoms with van der Waals surface area (Å²) in [6.07, 6.45) is 2.12. The standard InChI is InChI=1S/C7H11I2NO/c8-5-7(11)6-1-3-10(9)4-2-6/h6H,1-5H2. The lowest BCUT2D eigenvalue weighted by Crippen LogP contribution is -2.30. The van der Waals surface area contributed by atoms with E-state index in [1.54, 1.807) is 0 Å². The molecule has 0 aromatic heterocycles. The third-order valence-corrected chi connectivity index (χ3v) is 3.74. The molecule has 2 nitrogen and oxygen atoms in total. The number of halogens is 2. The van der Waals surface area contributed by atoms with Crippen molar-refractivity contribution in [1.82, 2.24) is 3.11 Å². The van der Waals surface area contributed by atoms with Gasteiger partial charge in [-0.3, -0.25) is 4.79 Å². The van der Waals surface area contributed by atoms with Gasteiger partial charge in [0, 0.05) is 41.9 Å². The molecule has 1 saturated heterocycles. The molecule has 0 N–H and O–H groups in total. The number of carbonyl (C=O) groups excluding carboxylic acids is 1. The van der Waals surface area contributed by atoms with Crippen molar-refractivity contribution in [3.8, 4) is 0 Å². The van der Waals surface area contributed by atoms with Crippen LogP contribution in [-0.2, 0) is 4.79 Å². The van der Waals surface area contributed by atoms with Crippen molar-refractivity contribution < 1.29 is 4.79 Å². The summed E-state index contributed by atoms with van der Waals surface area (Å²) in [6, 6.07) is 0. The van der Waals surface area contributed by atoms with Gasteiger partial charge in [0.1, 0.15) is 5.78 Å². The molecule has 0 spiro atoms. The zero-order valence-electron chi connectivity index (χ0n) is 6.22. The SMILES string of the molecule is O=C(CI)C1CCN(I)CC1. The number of piperidine rings is 1. The smallest absolute Gasteiger partial charge is 0.145 e. The van der Waals surface area contributed by atoms with Crippen LogP contribution in [0.25, 0.3) is 0 Å². The number of Topliss-reactive ketones (excluding diaryl/α,β-unsaturated/α-hetero) is 1. The lowest BCUT2D eigenvalue weighted by Gasteiger charge is -2.25. The maximum Gasteiger partial charge on any atom is 0.145 e. The van der Waals surface area contributed by atoms with E-state index in [9.17, 15) is 4.79 Å². The Morgan fingerprint density at radius 2 is 2.00 bits per heavy atom. The van der Waals surface area contributed by atoms with Crippen LogP contribution in [0.15, 0.2) is 0 Å². The minimum absolute atomic E-state index is 0.359. The van der Waals surface area contributed by atoms with Crippen molar-refractivity contribution in [1.29, 1.82) is 0 Å². The number of rotatable bonds is 2. The fraction of sp³-hybridized carbons (Fsp3) is 0.857. The molecule has 0 aromatic rings. The Kier molecular flexibility index (Phi) is 4.59. The number of hydrogen-bond donors (Lipinski definition) is 0. The second-order valence-electron chi connectivity index (χ2n) is 2.78. The third kappa shape index (κ3) is 3.14. The summed E-state index contributed by atoms with van der Waals surface area (Å²) in [5.41, 5.74) is 0. The van der Waals surface area contributed by atoms with Gasteiger partial charge in [-0.15, -0.1) is 0 Å². The molecule has 0 unspecified atom stereocenters. The molecule has 0 bridgehead atoms. The largest absolute Gasteiger partial charge is 0.299 e. The zero-order chi connectivity index (χ0) is 8.27. The molecule has 0 atom stereocenters. The first-order valence-electron chi connectivity index (χ1n) is 3.73. The molecule has 11 heavy (non-hydrogen) atoms. The van der Waals surface area contributed by atoms with Crippen LogP contribution >= 0.6 is 45.5 Å². The van der Waals surface area contributed by atoms with Crippen LogP contribution in [0, 0.1) is 5.92 Å². The quantitative estimate of drug-likeness (QED) is 0.416. The average molecular weight is 379 g/mol. The molecule has 4 heteroatoms. The number of nitrogens with zero attached hydrogens (tertiary/aromatic N) is 1. The molecule has 1 aliphatic heterocycles. The van der Waals surface area contributed by atoms with E-state index >= 15 is 0 Å². The molecule has 1 heterocycles. The first-order valence-corrected chi connectivity index (χ1v) is 6.22. The van der Waals surface area contributed by atoms with Crippen LogP contribution in [0.2, 0.25) is 0 Å². The Hall–Kier alpha value is 1.09. The van der Waals surface area contributed by atoms with Crippen molar-refractivity contribution in [2.75, 3.05) is 17.5 Å². The Morgan fingerprint density at radius 1 is 1.45 bits per heavy atom. The average Bonchev–Trinajstić information content (AvgIpc) is 2.05. The molecular formula is C7H11I2NO. The first kappa shape index (κ1) is 10.2. The summed E-state index contributed by atoms with van der Waals surface area (Å²) >= 11 is 4.48. The monoisotopic (exact) mass is 379 g/mol. The van der Waals surface area contributed by atoms with Gasteiger partial charge in [-0.1, -0.05) is 22.6 Å². The molecule has 0 amide bonds. The van der Waals surface area contributed by atoms with E-state index in [1.165, 1.54) is 0 Å². The molecule has 1 aliphatic rings. The summed E-state index contributed by atoms with van der Waals surface area (Å²) in [6.45, 7) is 2.15. The second kappa shape index (κ2) is 4.96. The Labute approximate surface area is 94.7 Å². The summed E-state index contributed by atoms with van der Waals surface area (Å²) in [5.74, 6) is 0.799. The fourth-order valence-electron chi connectivity index (χ4n) is 1.28. The van der Waals surface area contributed by atoms with Crippen LogP contribution in [0.4, 0.5) is 0 Å². The molecule has 0 aliphatic carbocycles. The van der Waals surface area contributed by atoms with Gasteiger partial charge >= 0.3 is 0 Å². The third-order valence-electron chi connectivity index (χ3n) is 2.03. The van der Waals surface area contributed by atoms with Gasteiger partial charge in [0.15, 0.2) is 0 Å². The van der Waals surface area contributed by atoms with E-state index in [0.29, 0.717) is 16.1 Å². The zero-order valence-corrected chi connectivity index (χ0v) is 10.5. The molecule has 64 valence electrons. The molecule has 0 radical (unpaired) electrons.